The van der Waals surface area contributed by atoms with Crippen LogP contribution in [0.25, 0.3) is 0 Å². The van der Waals surface area contributed by atoms with Crippen LogP contribution in [-0.2, 0) is 52.5 Å². The topological polar surface area (TPSA) is 212 Å². The number of hydrogen-bond acceptors (Lipinski definition) is 9. The van der Waals surface area contributed by atoms with Crippen molar-refractivity contribution >= 4 is 65.1 Å². The quantitative estimate of drug-likeness (QED) is 0.0420. The lowest BCUT2D eigenvalue weighted by Gasteiger charge is -2.30. The number of carbonyl (C=O) groups excluding carboxylic acids is 1. The molecule has 57 heavy (non-hydrogen) atoms. The second-order valence-electron chi connectivity index (χ2n) is 14.8. The van der Waals surface area contributed by atoms with Gasteiger partial charge in [-0.05, 0) is 93.4 Å². The lowest BCUT2D eigenvalue weighted by atomic mass is 9.77. The summed E-state index contributed by atoms with van der Waals surface area (Å²) in [7, 11) is -12.9. The standard InChI is InChI=1S/C39H49ClN4O10S3/c1-5-21-41-36(45)17-10-7-12-23-44-33-19-18-30(57(52,53)54)27-31(33)39(4,20-11-13-24-55(46,47)48)35(44)16-9-6-8-15-34-38(2,3)32-26-29(40)28-43(37(32)42-34)22-14-25-56(49,50)51/h1,6,8-9,15-16,18-19,26-28H,7,10-14,17,20-25H2,2-4H3,(H3-,41,45,46,47,48,49,50,51,52,53,54)/p+1. The molecule has 0 saturated heterocycles. The molecule has 2 aromatic rings. The molecule has 3 heterocycles. The van der Waals surface area contributed by atoms with E-state index in [1.54, 1.807) is 16.8 Å². The van der Waals surface area contributed by atoms with Gasteiger partial charge in [0.2, 0.25) is 5.91 Å². The molecule has 1 amide bonds. The van der Waals surface area contributed by atoms with E-state index in [-0.39, 0.29) is 36.7 Å². The summed E-state index contributed by atoms with van der Waals surface area (Å²) < 4.78 is 100. The number of pyridine rings is 1. The van der Waals surface area contributed by atoms with Crippen LogP contribution in [0.2, 0.25) is 5.02 Å². The van der Waals surface area contributed by atoms with Crippen molar-refractivity contribution in [2.45, 2.75) is 94.4 Å². The molecule has 4 rings (SSSR count). The molecule has 0 aliphatic carbocycles. The number of halogens is 1. The first-order valence-electron chi connectivity index (χ1n) is 18.4. The molecule has 0 fully saturated rings. The van der Waals surface area contributed by atoms with E-state index >= 15 is 0 Å². The summed E-state index contributed by atoms with van der Waals surface area (Å²) in [5.74, 6) is 2.04. The average molecular weight is 867 g/mol. The van der Waals surface area contributed by atoms with Crippen molar-refractivity contribution in [1.82, 2.24) is 5.32 Å². The number of nitrogens with zero attached hydrogens (tertiary/aromatic N) is 3. The zero-order valence-corrected chi connectivity index (χ0v) is 35.4. The van der Waals surface area contributed by atoms with E-state index in [1.807, 2.05) is 57.2 Å². The number of anilines is 1. The maximum Gasteiger partial charge on any atom is 0.327 e. The van der Waals surface area contributed by atoms with Gasteiger partial charge < -0.3 is 10.2 Å². The summed E-state index contributed by atoms with van der Waals surface area (Å²) in [6, 6.07) is 6.25. The normalized spacial score (nSPS) is 18.6. The molecule has 2 aliphatic rings. The Bertz CT molecular complexity index is 2350. The zero-order valence-electron chi connectivity index (χ0n) is 32.2. The molecule has 0 spiro atoms. The number of rotatable bonds is 20. The van der Waals surface area contributed by atoms with Gasteiger partial charge in [0.15, 0.2) is 5.71 Å². The number of aromatic nitrogens is 1. The summed E-state index contributed by atoms with van der Waals surface area (Å²) in [6.45, 7) is 6.87. The molecular weight excluding hydrogens is 816 g/mol. The Hall–Kier alpha value is -3.89. The van der Waals surface area contributed by atoms with E-state index in [2.05, 4.69) is 16.1 Å². The summed E-state index contributed by atoms with van der Waals surface area (Å²) in [5.41, 5.74) is 2.37. The Morgan fingerprint density at radius 3 is 2.30 bits per heavy atom. The fraction of sp³-hybridized carbons (Fsp3) is 0.462. The van der Waals surface area contributed by atoms with Crippen molar-refractivity contribution in [3.8, 4) is 12.3 Å². The molecule has 4 N–H and O–H groups in total. The van der Waals surface area contributed by atoms with Gasteiger partial charge in [0, 0.05) is 36.2 Å². The van der Waals surface area contributed by atoms with Crippen LogP contribution in [0.1, 0.15) is 83.3 Å². The van der Waals surface area contributed by atoms with Crippen LogP contribution in [0.4, 0.5) is 11.5 Å². The molecule has 2 aliphatic heterocycles. The maximum absolute atomic E-state index is 12.3. The SMILES string of the molecule is C#CCNC(=O)CCCCCN1/C(=C/C=C/C=C/C2=Nc3c(cc(Cl)c[n+]3CCCS(=O)(=O)O)C2(C)C)C(C)(CCCCS(=O)(=O)O)c2cc(S(=O)(=O)O)ccc21. The maximum atomic E-state index is 12.3. The summed E-state index contributed by atoms with van der Waals surface area (Å²) in [6.07, 6.45) is 19.6. The Morgan fingerprint density at radius 1 is 0.930 bits per heavy atom. The third-order valence-electron chi connectivity index (χ3n) is 10.2. The van der Waals surface area contributed by atoms with Gasteiger partial charge in [0.1, 0.15) is 6.20 Å². The van der Waals surface area contributed by atoms with Crippen molar-refractivity contribution in [1.29, 1.82) is 0 Å². The van der Waals surface area contributed by atoms with Gasteiger partial charge in [0.05, 0.1) is 45.5 Å². The van der Waals surface area contributed by atoms with Gasteiger partial charge in [-0.15, -0.1) is 6.42 Å². The van der Waals surface area contributed by atoms with Crippen LogP contribution in [0.15, 0.2) is 76.4 Å². The second kappa shape index (κ2) is 18.8. The van der Waals surface area contributed by atoms with Crippen LogP contribution in [-0.4, -0.2) is 75.1 Å². The summed E-state index contributed by atoms with van der Waals surface area (Å²) >= 11 is 6.43. The predicted molar refractivity (Wildman–Crippen MR) is 221 cm³/mol. The molecule has 1 atom stereocenters. The van der Waals surface area contributed by atoms with Crippen molar-refractivity contribution < 1.29 is 48.3 Å². The highest BCUT2D eigenvalue weighted by Gasteiger charge is 2.44. The number of allylic oxidation sites excluding steroid dienone is 6. The lowest BCUT2D eigenvalue weighted by molar-refractivity contribution is -0.684. The minimum Gasteiger partial charge on any atom is -0.345 e. The van der Waals surface area contributed by atoms with Crippen molar-refractivity contribution in [3.63, 3.8) is 0 Å². The van der Waals surface area contributed by atoms with Crippen molar-refractivity contribution in [3.05, 3.63) is 82.7 Å². The van der Waals surface area contributed by atoms with Crippen molar-refractivity contribution in [2.24, 2.45) is 4.99 Å². The number of aliphatic imine (C=N–C) groups is 1. The van der Waals surface area contributed by atoms with Gasteiger partial charge in [-0.1, -0.05) is 48.6 Å². The van der Waals surface area contributed by atoms with Gasteiger partial charge in [-0.3, -0.25) is 18.5 Å². The third kappa shape index (κ3) is 12.3. The van der Waals surface area contributed by atoms with Crippen LogP contribution in [0, 0.1) is 12.3 Å². The van der Waals surface area contributed by atoms with E-state index < -0.39 is 52.7 Å². The number of amides is 1. The van der Waals surface area contributed by atoms with Crippen molar-refractivity contribution in [2.75, 3.05) is 29.5 Å². The lowest BCUT2D eigenvalue weighted by Crippen LogP contribution is -2.36. The van der Waals surface area contributed by atoms with Gasteiger partial charge in [-0.25, -0.2) is 4.57 Å². The van der Waals surface area contributed by atoms with Gasteiger partial charge in [-0.2, -0.15) is 25.3 Å². The number of fused-ring (bicyclic) bond motifs is 2. The van der Waals surface area contributed by atoms with Gasteiger partial charge in [0.25, 0.3) is 30.4 Å². The number of terminal acetylenes is 1. The van der Waals surface area contributed by atoms with Crippen LogP contribution in [0.3, 0.4) is 0 Å². The average Bonchev–Trinajstić information content (AvgIpc) is 3.49. The molecule has 1 aromatic heterocycles. The molecule has 18 heteroatoms. The fourth-order valence-electron chi connectivity index (χ4n) is 7.20. The minimum atomic E-state index is -4.55. The second-order valence-corrected chi connectivity index (χ2v) is 19.8. The van der Waals surface area contributed by atoms with Crippen LogP contribution >= 0.6 is 11.6 Å². The molecule has 14 nitrogen and oxygen atoms in total. The molecule has 0 bridgehead atoms. The predicted octanol–water partition coefficient (Wildman–Crippen LogP) is 5.66. The number of nitrogens with one attached hydrogen (secondary N) is 1. The number of aryl methyl sites for hydroxylation is 1. The van der Waals surface area contributed by atoms with Crippen LogP contribution < -0.4 is 14.8 Å². The molecule has 1 aromatic carbocycles. The number of hydrogen-bond donors (Lipinski definition) is 4. The van der Waals surface area contributed by atoms with E-state index in [9.17, 15) is 43.7 Å². The zero-order chi connectivity index (χ0) is 42.2. The molecule has 1 unspecified atom stereocenters. The largest absolute Gasteiger partial charge is 0.345 e. The minimum absolute atomic E-state index is 0.136. The first-order valence-corrected chi connectivity index (χ1v) is 23.5. The number of unbranched alkanes of at least 4 members (excludes halogenated alkanes) is 3. The highest BCUT2D eigenvalue weighted by atomic mass is 35.5. The molecule has 0 saturated carbocycles. The Kier molecular flexibility index (Phi) is 15.1. The fourth-order valence-corrected chi connectivity index (χ4v) is 9.00. The monoisotopic (exact) mass is 865 g/mol. The Balaban J connectivity index is 1.66. The third-order valence-corrected chi connectivity index (χ3v) is 12.8. The van der Waals surface area contributed by atoms with E-state index in [0.29, 0.717) is 61.5 Å². The van der Waals surface area contributed by atoms with E-state index in [4.69, 9.17) is 23.0 Å². The smallest absolute Gasteiger partial charge is 0.327 e. The molecule has 310 valence electrons. The Morgan fingerprint density at radius 2 is 1.63 bits per heavy atom. The summed E-state index contributed by atoms with van der Waals surface area (Å²) in [5, 5.41) is 3.11. The van der Waals surface area contributed by atoms with Crippen LogP contribution in [0.5, 0.6) is 0 Å². The first kappa shape index (κ1) is 45.8. The first-order chi connectivity index (χ1) is 26.6. The number of benzene rings is 1. The Labute approximate surface area is 341 Å². The highest BCUT2D eigenvalue weighted by molar-refractivity contribution is 7.86. The van der Waals surface area contributed by atoms with E-state index in [0.717, 1.165) is 22.7 Å². The number of carbonyl (C=O) groups is 1. The molecule has 0 radical (unpaired) electrons. The summed E-state index contributed by atoms with van der Waals surface area (Å²) in [4.78, 5) is 18.7. The van der Waals surface area contributed by atoms with Gasteiger partial charge >= 0.3 is 5.82 Å². The highest BCUT2D eigenvalue weighted by Crippen LogP contribution is 2.51. The molecular formula is C39H50ClN4O10S3+. The van der Waals surface area contributed by atoms with E-state index in [1.165, 1.54) is 12.1 Å².